The van der Waals surface area contributed by atoms with E-state index in [-0.39, 0.29) is 11.9 Å². The lowest BCUT2D eigenvalue weighted by Crippen LogP contribution is -2.42. The minimum Gasteiger partial charge on any atom is -0.381 e. The molecule has 4 aromatic rings. The summed E-state index contributed by atoms with van der Waals surface area (Å²) in [6.07, 6.45) is -0.668. The number of H-pyrrole nitrogens is 1. The molecule has 0 radical (unpaired) electrons. The smallest absolute Gasteiger partial charge is 0.255 e. The summed E-state index contributed by atoms with van der Waals surface area (Å²) < 4.78 is 0. The molecule has 0 spiro atoms. The van der Waals surface area contributed by atoms with E-state index in [1.165, 1.54) is 0 Å². The average molecular weight is 444 g/mol. The van der Waals surface area contributed by atoms with E-state index < -0.39 is 18.1 Å². The van der Waals surface area contributed by atoms with Gasteiger partial charge in [-0.2, -0.15) is 0 Å². The van der Waals surface area contributed by atoms with Crippen LogP contribution in [-0.2, 0) is 11.2 Å². The summed E-state index contributed by atoms with van der Waals surface area (Å²) in [5.41, 5.74) is 9.62. The average Bonchev–Trinajstić information content (AvgIpc) is 3.21. The second kappa shape index (κ2) is 9.54. The molecule has 2 unspecified atom stereocenters. The molecule has 2 amide bonds. The Hall–Kier alpha value is -4.17. The van der Waals surface area contributed by atoms with Crippen molar-refractivity contribution in [2.75, 3.05) is 11.1 Å². The number of rotatable bonds is 7. The van der Waals surface area contributed by atoms with Crippen LogP contribution in [0.1, 0.15) is 34.5 Å². The first kappa shape index (κ1) is 22.0. The lowest BCUT2D eigenvalue weighted by atomic mass is 9.99. The fourth-order valence-electron chi connectivity index (χ4n) is 3.60. The molecule has 3 aromatic carbocycles. The molecule has 0 aliphatic carbocycles. The minimum atomic E-state index is -1.53. The van der Waals surface area contributed by atoms with Crippen molar-refractivity contribution in [1.29, 1.82) is 0 Å². The van der Waals surface area contributed by atoms with Crippen LogP contribution in [0.4, 0.5) is 11.6 Å². The van der Waals surface area contributed by atoms with Gasteiger partial charge in [0, 0.05) is 11.3 Å². The molecule has 0 saturated carbocycles. The third-order valence-corrected chi connectivity index (χ3v) is 5.42. The van der Waals surface area contributed by atoms with Crippen LogP contribution in [0.3, 0.4) is 0 Å². The zero-order valence-electron chi connectivity index (χ0n) is 18.1. The number of hydrogen-bond acceptors (Lipinski definition) is 5. The Morgan fingerprint density at radius 3 is 2.48 bits per heavy atom. The lowest BCUT2D eigenvalue weighted by molar-refractivity contribution is -0.125. The van der Waals surface area contributed by atoms with E-state index in [0.29, 0.717) is 27.8 Å². The van der Waals surface area contributed by atoms with Gasteiger partial charge in [-0.3, -0.25) is 9.59 Å². The van der Waals surface area contributed by atoms with Crippen LogP contribution >= 0.6 is 0 Å². The monoisotopic (exact) mass is 443 g/mol. The number of amides is 2. The number of imidazole rings is 1. The van der Waals surface area contributed by atoms with E-state index in [1.807, 2.05) is 25.1 Å². The van der Waals surface area contributed by atoms with Crippen LogP contribution in [0.25, 0.3) is 11.0 Å². The van der Waals surface area contributed by atoms with Gasteiger partial charge in [-0.05, 0) is 47.9 Å². The number of fused-ring (bicyclic) bond motifs is 1. The van der Waals surface area contributed by atoms with Crippen LogP contribution in [0, 0.1) is 0 Å². The fraction of sp³-hybridized carbons (Fsp3) is 0.160. The highest BCUT2D eigenvalue weighted by Gasteiger charge is 2.29. The van der Waals surface area contributed by atoms with Crippen LogP contribution in [0.15, 0.2) is 72.8 Å². The highest BCUT2D eigenvalue weighted by molar-refractivity contribution is 5.98. The molecular weight excluding hydrogens is 418 g/mol. The van der Waals surface area contributed by atoms with Crippen molar-refractivity contribution in [3.63, 3.8) is 0 Å². The molecule has 0 fully saturated rings. The fourth-order valence-corrected chi connectivity index (χ4v) is 3.60. The zero-order chi connectivity index (χ0) is 23.4. The number of nitrogens with two attached hydrogens (primary N) is 1. The topological polar surface area (TPSA) is 133 Å². The van der Waals surface area contributed by atoms with Crippen LogP contribution in [0.5, 0.6) is 0 Å². The van der Waals surface area contributed by atoms with E-state index >= 15 is 0 Å². The number of aryl methyl sites for hydroxylation is 1. The van der Waals surface area contributed by atoms with Gasteiger partial charge in [0.25, 0.3) is 11.8 Å². The maximum Gasteiger partial charge on any atom is 0.255 e. The molecule has 1 aromatic heterocycles. The SMILES string of the molecule is CCc1ccc(C(=O)NC(c2ccccc2)C(O)C(=O)Nc2ccc3nc(N)[nH]c3c2)cc1. The zero-order valence-corrected chi connectivity index (χ0v) is 18.1. The van der Waals surface area contributed by atoms with Crippen molar-refractivity contribution in [1.82, 2.24) is 15.3 Å². The summed E-state index contributed by atoms with van der Waals surface area (Å²) in [4.78, 5) is 32.8. The lowest BCUT2D eigenvalue weighted by Gasteiger charge is -2.24. The molecular formula is C25H25N5O3. The number of nitrogens with one attached hydrogen (secondary N) is 3. The number of carbonyl (C=O) groups excluding carboxylic acids is 2. The maximum absolute atomic E-state index is 12.9. The van der Waals surface area contributed by atoms with E-state index in [4.69, 9.17) is 5.73 Å². The largest absolute Gasteiger partial charge is 0.381 e. The Kier molecular flexibility index (Phi) is 6.37. The first-order valence-electron chi connectivity index (χ1n) is 10.6. The number of nitrogen functional groups attached to an aromatic ring is 1. The van der Waals surface area contributed by atoms with Gasteiger partial charge in [-0.15, -0.1) is 0 Å². The van der Waals surface area contributed by atoms with Crippen molar-refractivity contribution in [2.45, 2.75) is 25.5 Å². The predicted octanol–water partition coefficient (Wildman–Crippen LogP) is 3.18. The minimum absolute atomic E-state index is 0.271. The molecule has 2 atom stereocenters. The highest BCUT2D eigenvalue weighted by atomic mass is 16.3. The summed E-state index contributed by atoms with van der Waals surface area (Å²) in [5.74, 6) is -0.766. The number of benzene rings is 3. The number of aliphatic hydroxyl groups is 1. The molecule has 1 heterocycles. The predicted molar refractivity (Wildman–Crippen MR) is 128 cm³/mol. The van der Waals surface area contributed by atoms with Crippen molar-refractivity contribution in [2.24, 2.45) is 0 Å². The van der Waals surface area contributed by atoms with Gasteiger partial charge in [0.05, 0.1) is 17.1 Å². The summed E-state index contributed by atoms with van der Waals surface area (Å²) in [6, 6.07) is 20.2. The molecule has 0 aliphatic heterocycles. The summed E-state index contributed by atoms with van der Waals surface area (Å²) in [5, 5.41) is 16.4. The van der Waals surface area contributed by atoms with E-state index in [2.05, 4.69) is 20.6 Å². The maximum atomic E-state index is 12.9. The number of aliphatic hydroxyl groups excluding tert-OH is 1. The van der Waals surface area contributed by atoms with Gasteiger partial charge < -0.3 is 26.5 Å². The Labute approximate surface area is 190 Å². The summed E-state index contributed by atoms with van der Waals surface area (Å²) >= 11 is 0. The number of hydrogen-bond donors (Lipinski definition) is 5. The Bertz CT molecular complexity index is 1270. The summed E-state index contributed by atoms with van der Waals surface area (Å²) in [6.45, 7) is 2.04. The van der Waals surface area contributed by atoms with Crippen molar-refractivity contribution in [3.05, 3.63) is 89.5 Å². The molecule has 8 heteroatoms. The van der Waals surface area contributed by atoms with Crippen molar-refractivity contribution in [3.8, 4) is 0 Å². The van der Waals surface area contributed by atoms with Gasteiger partial charge in [0.2, 0.25) is 0 Å². The molecule has 0 aliphatic rings. The van der Waals surface area contributed by atoms with Gasteiger partial charge in [0.1, 0.15) is 0 Å². The standard InChI is InChI=1S/C25H25N5O3/c1-2-15-8-10-17(11-9-15)23(32)30-21(16-6-4-3-5-7-16)22(31)24(33)27-18-12-13-19-20(14-18)29-25(26)28-19/h3-14,21-22,31H,2H2,1H3,(H,27,33)(H,30,32)(H3,26,28,29). The second-order valence-electron chi connectivity index (χ2n) is 7.70. The Morgan fingerprint density at radius 2 is 1.79 bits per heavy atom. The van der Waals surface area contributed by atoms with E-state index in [9.17, 15) is 14.7 Å². The molecule has 33 heavy (non-hydrogen) atoms. The van der Waals surface area contributed by atoms with Crippen LogP contribution < -0.4 is 16.4 Å². The number of aromatic nitrogens is 2. The second-order valence-corrected chi connectivity index (χ2v) is 7.70. The van der Waals surface area contributed by atoms with Gasteiger partial charge in [-0.25, -0.2) is 4.98 Å². The Morgan fingerprint density at radius 1 is 1.06 bits per heavy atom. The highest BCUT2D eigenvalue weighted by Crippen LogP contribution is 2.22. The Balaban J connectivity index is 1.54. The number of anilines is 2. The number of aromatic amines is 1. The quantitative estimate of drug-likeness (QED) is 0.299. The molecule has 4 rings (SSSR count). The molecule has 0 bridgehead atoms. The van der Waals surface area contributed by atoms with E-state index in [0.717, 1.165) is 12.0 Å². The molecule has 0 saturated heterocycles. The van der Waals surface area contributed by atoms with Gasteiger partial charge >= 0.3 is 0 Å². The number of carbonyl (C=O) groups is 2. The molecule has 8 nitrogen and oxygen atoms in total. The van der Waals surface area contributed by atoms with Gasteiger partial charge in [0.15, 0.2) is 12.1 Å². The van der Waals surface area contributed by atoms with Crippen molar-refractivity contribution < 1.29 is 14.7 Å². The summed E-state index contributed by atoms with van der Waals surface area (Å²) in [7, 11) is 0. The third kappa shape index (κ3) is 5.02. The first-order valence-corrected chi connectivity index (χ1v) is 10.6. The number of nitrogens with zero attached hydrogens (tertiary/aromatic N) is 1. The van der Waals surface area contributed by atoms with Crippen LogP contribution in [0.2, 0.25) is 0 Å². The first-order chi connectivity index (χ1) is 15.9. The third-order valence-electron chi connectivity index (χ3n) is 5.42. The van der Waals surface area contributed by atoms with Gasteiger partial charge in [-0.1, -0.05) is 49.4 Å². The molecule has 6 N–H and O–H groups in total. The molecule has 168 valence electrons. The van der Waals surface area contributed by atoms with Crippen molar-refractivity contribution >= 4 is 34.5 Å². The van der Waals surface area contributed by atoms with E-state index in [1.54, 1.807) is 54.6 Å². The van der Waals surface area contributed by atoms with Crippen LogP contribution in [-0.4, -0.2) is 33.0 Å². The normalized spacial score (nSPS) is 12.8.